The summed E-state index contributed by atoms with van der Waals surface area (Å²) in [6.07, 6.45) is 0. The number of methoxy groups -OCH3 is 1. The third kappa shape index (κ3) is 4.46. The van der Waals surface area contributed by atoms with Crippen LogP contribution in [0.1, 0.15) is 6.92 Å². The molecular weight excluding hydrogens is 196 g/mol. The van der Waals surface area contributed by atoms with E-state index in [4.69, 9.17) is 14.2 Å². The van der Waals surface area contributed by atoms with Crippen molar-refractivity contribution in [3.63, 3.8) is 0 Å². The summed E-state index contributed by atoms with van der Waals surface area (Å²) < 4.78 is 15.1. The topological polar surface area (TPSA) is 44.8 Å². The Labute approximate surface area is 88.8 Å². The van der Waals surface area contributed by atoms with Crippen molar-refractivity contribution >= 4 is 5.97 Å². The Morgan fingerprint density at radius 2 is 1.73 bits per heavy atom. The van der Waals surface area contributed by atoms with Gasteiger partial charge in [-0.25, -0.2) is 0 Å². The summed E-state index contributed by atoms with van der Waals surface area (Å²) in [5, 5.41) is 0. The monoisotopic (exact) mass is 210 g/mol. The van der Waals surface area contributed by atoms with Crippen molar-refractivity contribution in [3.05, 3.63) is 24.3 Å². The van der Waals surface area contributed by atoms with E-state index in [0.717, 1.165) is 5.75 Å². The van der Waals surface area contributed by atoms with Gasteiger partial charge in [0.1, 0.15) is 18.1 Å². The van der Waals surface area contributed by atoms with Crippen molar-refractivity contribution < 1.29 is 19.0 Å². The van der Waals surface area contributed by atoms with E-state index >= 15 is 0 Å². The SMILES string of the molecule is COCCOc1ccc(OC(C)=O)cc1. The molecule has 0 amide bonds. The molecule has 0 fully saturated rings. The number of carbonyl (C=O) groups is 1. The van der Waals surface area contributed by atoms with Crippen LogP contribution in [0.25, 0.3) is 0 Å². The molecule has 0 aliphatic rings. The van der Waals surface area contributed by atoms with Gasteiger partial charge in [-0.2, -0.15) is 0 Å². The van der Waals surface area contributed by atoms with Gasteiger partial charge in [0.05, 0.1) is 6.61 Å². The Balaban J connectivity index is 2.45. The van der Waals surface area contributed by atoms with E-state index in [0.29, 0.717) is 19.0 Å². The average molecular weight is 210 g/mol. The van der Waals surface area contributed by atoms with Crippen LogP contribution in [-0.4, -0.2) is 26.3 Å². The number of hydrogen-bond acceptors (Lipinski definition) is 4. The maximum absolute atomic E-state index is 10.6. The van der Waals surface area contributed by atoms with Gasteiger partial charge in [0.25, 0.3) is 0 Å². The zero-order chi connectivity index (χ0) is 11.1. The molecule has 0 atom stereocenters. The molecule has 0 saturated heterocycles. The van der Waals surface area contributed by atoms with Crippen molar-refractivity contribution in [1.29, 1.82) is 0 Å². The molecule has 0 bridgehead atoms. The van der Waals surface area contributed by atoms with Crippen molar-refractivity contribution in [2.45, 2.75) is 6.92 Å². The van der Waals surface area contributed by atoms with Crippen LogP contribution in [0.5, 0.6) is 11.5 Å². The largest absolute Gasteiger partial charge is 0.491 e. The summed E-state index contributed by atoms with van der Waals surface area (Å²) >= 11 is 0. The zero-order valence-electron chi connectivity index (χ0n) is 8.86. The lowest BCUT2D eigenvalue weighted by atomic mass is 10.3. The first kappa shape index (κ1) is 11.5. The second-order valence-corrected chi connectivity index (χ2v) is 2.91. The molecule has 0 saturated carbocycles. The van der Waals surface area contributed by atoms with Gasteiger partial charge >= 0.3 is 5.97 Å². The van der Waals surface area contributed by atoms with E-state index in [1.165, 1.54) is 6.92 Å². The maximum Gasteiger partial charge on any atom is 0.308 e. The predicted molar refractivity (Wildman–Crippen MR) is 55.1 cm³/mol. The summed E-state index contributed by atoms with van der Waals surface area (Å²) in [5.74, 6) is 0.910. The molecular formula is C11H14O4. The van der Waals surface area contributed by atoms with Crippen molar-refractivity contribution in [3.8, 4) is 11.5 Å². The van der Waals surface area contributed by atoms with Crippen LogP contribution in [0.2, 0.25) is 0 Å². The number of rotatable bonds is 5. The van der Waals surface area contributed by atoms with Gasteiger partial charge in [-0.15, -0.1) is 0 Å². The van der Waals surface area contributed by atoms with Gasteiger partial charge in [-0.1, -0.05) is 0 Å². The molecule has 0 aromatic heterocycles. The normalized spacial score (nSPS) is 9.73. The fourth-order valence-corrected chi connectivity index (χ4v) is 1.01. The summed E-state index contributed by atoms with van der Waals surface area (Å²) in [7, 11) is 1.62. The van der Waals surface area contributed by atoms with Crippen molar-refractivity contribution in [1.82, 2.24) is 0 Å². The summed E-state index contributed by atoms with van der Waals surface area (Å²) in [5.41, 5.74) is 0. The van der Waals surface area contributed by atoms with Gasteiger partial charge in [0, 0.05) is 14.0 Å². The molecule has 1 rings (SSSR count). The second-order valence-electron chi connectivity index (χ2n) is 2.91. The highest BCUT2D eigenvalue weighted by atomic mass is 16.5. The number of hydrogen-bond donors (Lipinski definition) is 0. The Hall–Kier alpha value is -1.55. The van der Waals surface area contributed by atoms with Crippen LogP contribution in [0.15, 0.2) is 24.3 Å². The number of ether oxygens (including phenoxy) is 3. The van der Waals surface area contributed by atoms with Crippen molar-refractivity contribution in [2.75, 3.05) is 20.3 Å². The van der Waals surface area contributed by atoms with E-state index < -0.39 is 0 Å². The van der Waals surface area contributed by atoms with Gasteiger partial charge in [0.15, 0.2) is 0 Å². The minimum Gasteiger partial charge on any atom is -0.491 e. The summed E-state index contributed by atoms with van der Waals surface area (Å²) in [6.45, 7) is 2.41. The smallest absolute Gasteiger partial charge is 0.308 e. The lowest BCUT2D eigenvalue weighted by Crippen LogP contribution is -2.04. The van der Waals surface area contributed by atoms with Crippen LogP contribution in [-0.2, 0) is 9.53 Å². The molecule has 82 valence electrons. The molecule has 0 aliphatic heterocycles. The molecule has 15 heavy (non-hydrogen) atoms. The number of esters is 1. The molecule has 0 spiro atoms. The first-order chi connectivity index (χ1) is 7.22. The first-order valence-electron chi connectivity index (χ1n) is 4.62. The maximum atomic E-state index is 10.6. The molecule has 1 aromatic carbocycles. The van der Waals surface area contributed by atoms with Gasteiger partial charge < -0.3 is 14.2 Å². The minimum absolute atomic E-state index is 0.331. The van der Waals surface area contributed by atoms with E-state index in [2.05, 4.69) is 0 Å². The van der Waals surface area contributed by atoms with Crippen molar-refractivity contribution in [2.24, 2.45) is 0 Å². The Kier molecular flexibility index (Phi) is 4.63. The second kappa shape index (κ2) is 6.03. The van der Waals surface area contributed by atoms with Gasteiger partial charge in [-0.3, -0.25) is 4.79 Å². The number of benzene rings is 1. The van der Waals surface area contributed by atoms with Crippen LogP contribution in [0.4, 0.5) is 0 Å². The quantitative estimate of drug-likeness (QED) is 0.421. The molecule has 0 heterocycles. The van der Waals surface area contributed by atoms with Crippen LogP contribution in [0.3, 0.4) is 0 Å². The standard InChI is InChI=1S/C11H14O4/c1-9(12)15-11-5-3-10(4-6-11)14-8-7-13-2/h3-6H,7-8H2,1-2H3. The molecule has 4 nitrogen and oxygen atoms in total. The molecule has 4 heteroatoms. The molecule has 0 unspecified atom stereocenters. The Morgan fingerprint density at radius 3 is 2.27 bits per heavy atom. The fourth-order valence-electron chi connectivity index (χ4n) is 1.01. The lowest BCUT2D eigenvalue weighted by Gasteiger charge is -2.06. The molecule has 0 aliphatic carbocycles. The Bertz CT molecular complexity index is 305. The summed E-state index contributed by atoms with van der Waals surface area (Å²) in [6, 6.07) is 6.86. The average Bonchev–Trinajstić information content (AvgIpc) is 2.20. The van der Waals surface area contributed by atoms with E-state index in [1.807, 2.05) is 0 Å². The number of carbonyl (C=O) groups excluding carboxylic acids is 1. The highest BCUT2D eigenvalue weighted by molar-refractivity contribution is 5.69. The first-order valence-corrected chi connectivity index (χ1v) is 4.62. The van der Waals surface area contributed by atoms with Gasteiger partial charge in [-0.05, 0) is 24.3 Å². The van der Waals surface area contributed by atoms with Crippen LogP contribution < -0.4 is 9.47 Å². The molecule has 0 N–H and O–H groups in total. The molecule has 0 radical (unpaired) electrons. The minimum atomic E-state index is -0.331. The lowest BCUT2D eigenvalue weighted by molar-refractivity contribution is -0.131. The fraction of sp³-hybridized carbons (Fsp3) is 0.364. The highest BCUT2D eigenvalue weighted by Gasteiger charge is 1.98. The van der Waals surface area contributed by atoms with E-state index in [9.17, 15) is 4.79 Å². The third-order valence-electron chi connectivity index (χ3n) is 1.64. The summed E-state index contributed by atoms with van der Waals surface area (Å²) in [4.78, 5) is 10.6. The predicted octanol–water partition coefficient (Wildman–Crippen LogP) is 1.64. The van der Waals surface area contributed by atoms with Gasteiger partial charge in [0.2, 0.25) is 0 Å². The van der Waals surface area contributed by atoms with E-state index in [1.54, 1.807) is 31.4 Å². The van der Waals surface area contributed by atoms with Crippen LogP contribution in [0, 0.1) is 0 Å². The highest BCUT2D eigenvalue weighted by Crippen LogP contribution is 2.17. The third-order valence-corrected chi connectivity index (χ3v) is 1.64. The Morgan fingerprint density at radius 1 is 1.13 bits per heavy atom. The molecule has 1 aromatic rings. The zero-order valence-corrected chi connectivity index (χ0v) is 8.86. The van der Waals surface area contributed by atoms with E-state index in [-0.39, 0.29) is 5.97 Å². The van der Waals surface area contributed by atoms with Crippen LogP contribution >= 0.6 is 0 Å².